The number of hydrogen-bond donors (Lipinski definition) is 6. The van der Waals surface area contributed by atoms with Crippen molar-refractivity contribution in [2.45, 2.75) is 503 Å². The molecule has 0 aliphatic heterocycles. The summed E-state index contributed by atoms with van der Waals surface area (Å²) < 4.78 is 84.6. The fraction of sp³-hybridized carbons (Fsp3) is 0.846. The van der Waals surface area contributed by atoms with Gasteiger partial charge in [-0.15, -0.1) is 0 Å². The minimum atomic E-state index is -4.80. The van der Waals surface area contributed by atoms with Crippen LogP contribution in [0.15, 0.2) is 48.6 Å². The molecule has 28 heteroatoms. The van der Waals surface area contributed by atoms with Crippen molar-refractivity contribution in [3.05, 3.63) is 48.6 Å². The third kappa shape index (κ3) is 87.6. The van der Waals surface area contributed by atoms with Crippen molar-refractivity contribution < 1.29 is 104 Å². The van der Waals surface area contributed by atoms with Gasteiger partial charge in [-0.2, -0.15) is 0 Å². The zero-order valence-electron chi connectivity index (χ0n) is 84.4. The van der Waals surface area contributed by atoms with Crippen LogP contribution in [0.2, 0.25) is 0 Å². The zero-order valence-corrected chi connectivity index (χ0v) is 86.2. The molecule has 4 unspecified atom stereocenters. The number of esters is 4. The summed E-state index contributed by atoms with van der Waals surface area (Å²) in [5.74, 6) is -3.06. The maximum atomic E-state index is 14.0. The Balaban J connectivity index is 6.08. The highest BCUT2D eigenvalue weighted by atomic mass is 31.2. The lowest BCUT2D eigenvalue weighted by molar-refractivity contribution is -0.152. The largest absolute Gasteiger partial charge is 0.472 e. The van der Waals surface area contributed by atoms with Gasteiger partial charge in [0.1, 0.15) is 24.4 Å². The lowest BCUT2D eigenvalue weighted by Gasteiger charge is -2.23. The Kier molecular flexibility index (Phi) is 89.9. The van der Waals surface area contributed by atoms with Crippen LogP contribution in [0.1, 0.15) is 466 Å². The van der Waals surface area contributed by atoms with Gasteiger partial charge in [-0.25, -0.2) is 9.13 Å². The van der Waals surface area contributed by atoms with Crippen molar-refractivity contribution in [1.29, 1.82) is 0 Å². The molecule has 0 aliphatic carbocycles. The molecule has 0 bridgehead atoms. The number of amides is 4. The van der Waals surface area contributed by atoms with Crippen LogP contribution >= 0.6 is 15.6 Å². The summed E-state index contributed by atoms with van der Waals surface area (Å²) in [4.78, 5) is 129. The molecule has 8 atom stereocenters. The standard InChI is InChI=1S/C104H192N4O22P2/c1-9-17-25-33-37-41-45-53-61-73-101(113)127-93(67-57-49-29-21-13-5)77-81-121-87-91(107-99(111)85-95(69-59-51-31-23-15-7)129-103(115)75-63-55-47-43-39-35-27-19-11-3)89-125-131(117,118)123-83-79-105-97(109)71-65-66-72-98(110)106-80-84-124-132(119,120)126-90-92(88-122-82-78-94(68-58-50-30-22-14-6)128-102(114)74-62-54-46-42-38-34-26-18-10-2)108-100(112)86-96(70-60-52-32-24-16-8)130-104(116)76-64-56-48-44-40-36-28-20-12-4/h41-48,91-96H,9-40,49-90H2,1-8H3,(H,105,109)(H,106,110)(H,107,111)(H,108,112)(H,117,118)(H,119,120)/t91?,92?,93-,94-,95-,96-/m1/s1. The number of rotatable bonds is 99. The van der Waals surface area contributed by atoms with Gasteiger partial charge in [-0.1, -0.05) is 284 Å². The first-order valence-corrected chi connectivity index (χ1v) is 56.0. The number of nitrogens with one attached hydrogen (secondary N) is 4. The molecule has 0 saturated heterocycles. The van der Waals surface area contributed by atoms with Crippen molar-refractivity contribution in [2.75, 3.05) is 65.9 Å². The van der Waals surface area contributed by atoms with E-state index in [1.165, 1.54) is 77.0 Å². The van der Waals surface area contributed by atoms with E-state index in [-0.39, 0.29) is 102 Å². The van der Waals surface area contributed by atoms with Gasteiger partial charge in [-0.05, 0) is 167 Å². The minimum absolute atomic E-state index is 0.00933. The molecule has 0 radical (unpaired) electrons. The van der Waals surface area contributed by atoms with Crippen molar-refractivity contribution in [2.24, 2.45) is 0 Å². The second-order valence-corrected chi connectivity index (χ2v) is 38.8. The molecule has 0 aromatic carbocycles. The van der Waals surface area contributed by atoms with Gasteiger partial charge in [0.15, 0.2) is 0 Å². The normalized spacial score (nSPS) is 14.1. The molecule has 0 fully saturated rings. The minimum Gasteiger partial charge on any atom is -0.462 e. The quantitative estimate of drug-likeness (QED) is 0.0108. The molecule has 132 heavy (non-hydrogen) atoms. The SMILES string of the molecule is CCCCCCC=CCCCC(=O)O[C@H](CCCCCCC)CCOCC(COP(=O)(O)OCCNC(=O)CCCCC(=O)NCCOP(=O)(O)OCC(COCC[C@@H](CCCCCCC)OC(=O)CCCC=CCCCCCC)NC(=O)C[C@@H](CCCCCCC)OC(=O)CCCC=CCCCCCC)NC(=O)C[C@@H](CCCCCCC)OC(=O)CCCC=CCCCCCC. The maximum Gasteiger partial charge on any atom is 0.472 e. The third-order valence-electron chi connectivity index (χ3n) is 22.9. The Morgan fingerprint density at radius 2 is 0.500 bits per heavy atom. The Morgan fingerprint density at radius 1 is 0.258 bits per heavy atom. The van der Waals surface area contributed by atoms with E-state index in [0.29, 0.717) is 89.9 Å². The van der Waals surface area contributed by atoms with E-state index in [1.54, 1.807) is 0 Å². The summed E-state index contributed by atoms with van der Waals surface area (Å²) in [5.41, 5.74) is 0. The number of hydrogen-bond acceptors (Lipinski definition) is 20. The second kappa shape index (κ2) is 93.5. The van der Waals surface area contributed by atoms with Crippen molar-refractivity contribution >= 4 is 63.2 Å². The van der Waals surface area contributed by atoms with Gasteiger partial charge in [-0.3, -0.25) is 56.5 Å². The van der Waals surface area contributed by atoms with E-state index in [1.807, 2.05) is 0 Å². The molecule has 0 spiro atoms. The summed E-state index contributed by atoms with van der Waals surface area (Å²) >= 11 is 0. The number of carbonyl (C=O) groups is 8. The van der Waals surface area contributed by atoms with Crippen LogP contribution in [0, 0.1) is 0 Å². The molecular formula is C104H192N4O22P2. The van der Waals surface area contributed by atoms with Crippen LogP contribution in [-0.2, 0) is 94.0 Å². The molecule has 0 heterocycles. The monoisotopic (exact) mass is 1910 g/mol. The van der Waals surface area contributed by atoms with Crippen molar-refractivity contribution in [3.8, 4) is 0 Å². The number of allylic oxidation sites excluding steroid dienone is 8. The zero-order chi connectivity index (χ0) is 97.0. The first kappa shape index (κ1) is 127. The number of unbranched alkanes of at least 4 members (excludes halogenated alkanes) is 37. The molecule has 0 saturated carbocycles. The van der Waals surface area contributed by atoms with Crippen LogP contribution in [-0.4, -0.2) is 160 Å². The first-order valence-electron chi connectivity index (χ1n) is 53.0. The number of carbonyl (C=O) groups excluding carboxylic acids is 8. The first-order chi connectivity index (χ1) is 64.1. The lowest BCUT2D eigenvalue weighted by Crippen LogP contribution is -2.43. The topological polar surface area (TPSA) is 352 Å². The second-order valence-electron chi connectivity index (χ2n) is 35.9. The van der Waals surface area contributed by atoms with Crippen LogP contribution < -0.4 is 21.3 Å². The van der Waals surface area contributed by atoms with E-state index in [9.17, 15) is 57.3 Å². The highest BCUT2D eigenvalue weighted by Gasteiger charge is 2.30. The van der Waals surface area contributed by atoms with Crippen LogP contribution in [0.3, 0.4) is 0 Å². The van der Waals surface area contributed by atoms with Gasteiger partial charge in [0.2, 0.25) is 23.6 Å². The summed E-state index contributed by atoms with van der Waals surface area (Å²) in [6.07, 6.45) is 68.2. The fourth-order valence-corrected chi connectivity index (χ4v) is 16.5. The lowest BCUT2D eigenvalue weighted by atomic mass is 10.1. The van der Waals surface area contributed by atoms with Crippen LogP contribution in [0.4, 0.5) is 0 Å². The molecule has 0 rings (SSSR count). The van der Waals surface area contributed by atoms with Crippen LogP contribution in [0.25, 0.3) is 0 Å². The molecule has 4 amide bonds. The van der Waals surface area contributed by atoms with Gasteiger partial charge in [0, 0.05) is 64.5 Å². The van der Waals surface area contributed by atoms with E-state index >= 15 is 0 Å². The van der Waals surface area contributed by atoms with Crippen molar-refractivity contribution in [1.82, 2.24) is 21.3 Å². The summed E-state index contributed by atoms with van der Waals surface area (Å²) in [7, 11) is -9.60. The molecule has 0 aromatic heterocycles. The average Bonchev–Trinajstić information content (AvgIpc) is 0.903. The molecular weight excluding hydrogens is 1720 g/mol. The van der Waals surface area contributed by atoms with Gasteiger partial charge in [0.25, 0.3) is 0 Å². The van der Waals surface area contributed by atoms with Crippen molar-refractivity contribution in [3.63, 3.8) is 0 Å². The Bertz CT molecular complexity index is 2820. The van der Waals surface area contributed by atoms with Gasteiger partial charge >= 0.3 is 39.5 Å². The molecule has 0 aromatic rings. The highest BCUT2D eigenvalue weighted by Crippen LogP contribution is 2.44. The van der Waals surface area contributed by atoms with E-state index in [0.717, 1.165) is 205 Å². The fourth-order valence-electron chi connectivity index (χ4n) is 15.0. The van der Waals surface area contributed by atoms with E-state index < -0.39 is 102 Å². The molecule has 0 aliphatic rings. The average molecular weight is 1910 g/mol. The molecule has 6 N–H and O–H groups in total. The molecule has 770 valence electrons. The maximum absolute atomic E-state index is 14.0. The van der Waals surface area contributed by atoms with Gasteiger partial charge < -0.3 is 59.5 Å². The smallest absolute Gasteiger partial charge is 0.462 e. The van der Waals surface area contributed by atoms with Crippen LogP contribution in [0.5, 0.6) is 0 Å². The van der Waals surface area contributed by atoms with Gasteiger partial charge in [0.05, 0.1) is 77.8 Å². The predicted molar refractivity (Wildman–Crippen MR) is 532 cm³/mol. The van der Waals surface area contributed by atoms with E-state index in [2.05, 4.69) is 125 Å². The summed E-state index contributed by atoms with van der Waals surface area (Å²) in [6, 6.07) is -1.94. The number of phosphoric acid groups is 2. The number of phosphoric ester groups is 2. The molecule has 26 nitrogen and oxygen atoms in total. The van der Waals surface area contributed by atoms with E-state index in [4.69, 9.17) is 46.5 Å². The summed E-state index contributed by atoms with van der Waals surface area (Å²) in [6.45, 7) is 15.2. The predicted octanol–water partition coefficient (Wildman–Crippen LogP) is 25.5. The Hall–Kier alpha value is -5.14. The highest BCUT2D eigenvalue weighted by molar-refractivity contribution is 7.47. The Labute approximate surface area is 801 Å². The number of ether oxygens (including phenoxy) is 6. The summed E-state index contributed by atoms with van der Waals surface area (Å²) in [5, 5.41) is 11.1. The Morgan fingerprint density at radius 3 is 0.773 bits per heavy atom. The third-order valence-corrected chi connectivity index (χ3v) is 24.9.